The molecule has 9 nitrogen and oxygen atoms in total. The van der Waals surface area contributed by atoms with Crippen LogP contribution in [0.5, 0.6) is 0 Å². The number of H-pyrrole nitrogens is 2. The molecule has 0 fully saturated rings. The summed E-state index contributed by atoms with van der Waals surface area (Å²) >= 11 is 0. The SMILES string of the molecule is CCCc1[nH]nc(C(=O)Nc2cccc3cn[nH]c23)c1[N+](=O)[O-]. The lowest BCUT2D eigenvalue weighted by Crippen LogP contribution is -2.14. The minimum Gasteiger partial charge on any atom is -0.318 e. The first-order valence-corrected chi connectivity index (χ1v) is 7.07. The molecule has 118 valence electrons. The number of nitro groups is 1. The fourth-order valence-electron chi connectivity index (χ4n) is 2.41. The molecule has 0 aliphatic rings. The topological polar surface area (TPSA) is 130 Å². The molecule has 9 heteroatoms. The molecule has 0 atom stereocenters. The number of fused-ring (bicyclic) bond motifs is 1. The zero-order chi connectivity index (χ0) is 16.4. The van der Waals surface area contributed by atoms with Gasteiger partial charge < -0.3 is 5.32 Å². The summed E-state index contributed by atoms with van der Waals surface area (Å²) in [5.41, 5.74) is 0.977. The standard InChI is InChI=1S/C14H14N6O3/c1-2-4-10-13(20(22)23)12(19-17-10)14(21)16-9-6-3-5-8-7-15-18-11(8)9/h3,5-7H,2,4H2,1H3,(H,15,18)(H,16,21)(H,17,19). The van der Waals surface area contributed by atoms with E-state index in [4.69, 9.17) is 0 Å². The van der Waals surface area contributed by atoms with Gasteiger partial charge in [-0.2, -0.15) is 10.2 Å². The number of anilines is 1. The number of carbonyl (C=O) groups excluding carboxylic acids is 1. The van der Waals surface area contributed by atoms with E-state index in [2.05, 4.69) is 25.7 Å². The van der Waals surface area contributed by atoms with Crippen molar-refractivity contribution in [1.29, 1.82) is 0 Å². The zero-order valence-corrected chi connectivity index (χ0v) is 12.3. The minimum absolute atomic E-state index is 0.227. The van der Waals surface area contributed by atoms with Crippen molar-refractivity contribution < 1.29 is 9.72 Å². The molecular weight excluding hydrogens is 300 g/mol. The molecule has 0 bridgehead atoms. The second-order valence-electron chi connectivity index (χ2n) is 5.00. The van der Waals surface area contributed by atoms with Gasteiger partial charge in [-0.1, -0.05) is 25.5 Å². The highest BCUT2D eigenvalue weighted by molar-refractivity contribution is 6.09. The number of aromatic nitrogens is 4. The van der Waals surface area contributed by atoms with Gasteiger partial charge in [-0.3, -0.25) is 25.1 Å². The van der Waals surface area contributed by atoms with Crippen LogP contribution in [0.2, 0.25) is 0 Å². The van der Waals surface area contributed by atoms with Crippen molar-refractivity contribution in [2.24, 2.45) is 0 Å². The Hall–Kier alpha value is -3.23. The molecule has 3 N–H and O–H groups in total. The highest BCUT2D eigenvalue weighted by Crippen LogP contribution is 2.25. The lowest BCUT2D eigenvalue weighted by molar-refractivity contribution is -0.385. The predicted octanol–water partition coefficient (Wildman–Crippen LogP) is 2.40. The molecule has 23 heavy (non-hydrogen) atoms. The number of aromatic amines is 2. The molecule has 0 saturated carbocycles. The van der Waals surface area contributed by atoms with Crippen LogP contribution >= 0.6 is 0 Å². The number of rotatable bonds is 5. The Morgan fingerprint density at radius 2 is 2.22 bits per heavy atom. The van der Waals surface area contributed by atoms with E-state index in [-0.39, 0.29) is 11.4 Å². The Kier molecular flexibility index (Phi) is 3.75. The Morgan fingerprint density at radius 3 is 2.96 bits per heavy atom. The molecule has 2 heterocycles. The van der Waals surface area contributed by atoms with Gasteiger partial charge in [0.15, 0.2) is 0 Å². The zero-order valence-electron chi connectivity index (χ0n) is 12.3. The average molecular weight is 314 g/mol. The number of hydrogen-bond donors (Lipinski definition) is 3. The summed E-state index contributed by atoms with van der Waals surface area (Å²) in [5.74, 6) is -0.641. The van der Waals surface area contributed by atoms with Crippen molar-refractivity contribution in [2.45, 2.75) is 19.8 Å². The van der Waals surface area contributed by atoms with E-state index in [0.717, 1.165) is 5.39 Å². The highest BCUT2D eigenvalue weighted by Gasteiger charge is 2.29. The van der Waals surface area contributed by atoms with Crippen LogP contribution in [0.1, 0.15) is 29.5 Å². The Labute approximate surface area is 130 Å². The molecule has 0 saturated heterocycles. The van der Waals surface area contributed by atoms with Gasteiger partial charge in [0.1, 0.15) is 5.69 Å². The molecule has 1 aromatic carbocycles. The van der Waals surface area contributed by atoms with Crippen LogP contribution in [-0.4, -0.2) is 31.2 Å². The fourth-order valence-corrected chi connectivity index (χ4v) is 2.41. The molecule has 0 aliphatic heterocycles. The van der Waals surface area contributed by atoms with Crippen molar-refractivity contribution >= 4 is 28.2 Å². The first-order valence-electron chi connectivity index (χ1n) is 7.07. The van der Waals surface area contributed by atoms with Gasteiger partial charge in [-0.15, -0.1) is 0 Å². The highest BCUT2D eigenvalue weighted by atomic mass is 16.6. The molecule has 0 unspecified atom stereocenters. The summed E-state index contributed by atoms with van der Waals surface area (Å²) in [7, 11) is 0. The minimum atomic E-state index is -0.641. The third-order valence-corrected chi connectivity index (χ3v) is 3.44. The van der Waals surface area contributed by atoms with Gasteiger partial charge in [0.2, 0.25) is 5.69 Å². The van der Waals surface area contributed by atoms with Gasteiger partial charge in [0.25, 0.3) is 5.91 Å². The lowest BCUT2D eigenvalue weighted by atomic mass is 10.2. The normalized spacial score (nSPS) is 10.8. The molecule has 0 aliphatic carbocycles. The van der Waals surface area contributed by atoms with Crippen LogP contribution in [-0.2, 0) is 6.42 Å². The monoisotopic (exact) mass is 314 g/mol. The number of amides is 1. The lowest BCUT2D eigenvalue weighted by Gasteiger charge is -2.04. The Morgan fingerprint density at radius 1 is 1.39 bits per heavy atom. The second-order valence-corrected chi connectivity index (χ2v) is 5.00. The number of aryl methyl sites for hydroxylation is 1. The van der Waals surface area contributed by atoms with Gasteiger partial charge in [0.05, 0.1) is 22.3 Å². The third-order valence-electron chi connectivity index (χ3n) is 3.44. The summed E-state index contributed by atoms with van der Waals surface area (Å²) in [6.07, 6.45) is 2.78. The van der Waals surface area contributed by atoms with Crippen molar-refractivity contribution in [3.05, 3.63) is 45.9 Å². The summed E-state index contributed by atoms with van der Waals surface area (Å²) in [5, 5.41) is 27.8. The van der Waals surface area contributed by atoms with E-state index in [1.807, 2.05) is 13.0 Å². The van der Waals surface area contributed by atoms with Gasteiger partial charge in [0, 0.05) is 5.39 Å². The van der Waals surface area contributed by atoms with Crippen LogP contribution in [0.25, 0.3) is 10.9 Å². The van der Waals surface area contributed by atoms with Crippen molar-refractivity contribution in [2.75, 3.05) is 5.32 Å². The quantitative estimate of drug-likeness (QED) is 0.492. The third kappa shape index (κ3) is 2.63. The van der Waals surface area contributed by atoms with E-state index in [0.29, 0.717) is 29.7 Å². The number of nitrogens with zero attached hydrogens (tertiary/aromatic N) is 3. The maximum atomic E-state index is 12.4. The molecule has 3 rings (SSSR count). The number of nitrogens with one attached hydrogen (secondary N) is 3. The second kappa shape index (κ2) is 5.87. The van der Waals surface area contributed by atoms with Crippen LogP contribution in [0.4, 0.5) is 11.4 Å². The summed E-state index contributed by atoms with van der Waals surface area (Å²) in [4.78, 5) is 23.1. The number of carbonyl (C=O) groups is 1. The van der Waals surface area contributed by atoms with Gasteiger partial charge in [-0.05, 0) is 12.5 Å². The largest absolute Gasteiger partial charge is 0.322 e. The predicted molar refractivity (Wildman–Crippen MR) is 83.3 cm³/mol. The van der Waals surface area contributed by atoms with E-state index in [1.165, 1.54) is 0 Å². The molecular formula is C14H14N6O3. The number of hydrogen-bond acceptors (Lipinski definition) is 5. The smallest absolute Gasteiger partial charge is 0.318 e. The molecule has 2 aromatic heterocycles. The maximum Gasteiger partial charge on any atom is 0.322 e. The first kappa shape index (κ1) is 14.7. The van der Waals surface area contributed by atoms with Crippen LogP contribution in [0.15, 0.2) is 24.4 Å². The van der Waals surface area contributed by atoms with Crippen molar-refractivity contribution in [1.82, 2.24) is 20.4 Å². The van der Waals surface area contributed by atoms with Crippen LogP contribution in [0, 0.1) is 10.1 Å². The van der Waals surface area contributed by atoms with E-state index < -0.39 is 10.8 Å². The van der Waals surface area contributed by atoms with E-state index in [9.17, 15) is 14.9 Å². The Balaban J connectivity index is 1.95. The van der Waals surface area contributed by atoms with Crippen LogP contribution in [0.3, 0.4) is 0 Å². The Bertz CT molecular complexity index is 882. The molecule has 0 radical (unpaired) electrons. The van der Waals surface area contributed by atoms with E-state index in [1.54, 1.807) is 18.3 Å². The fraction of sp³-hybridized carbons (Fsp3) is 0.214. The number of benzene rings is 1. The summed E-state index contributed by atoms with van der Waals surface area (Å²) in [6, 6.07) is 5.28. The van der Waals surface area contributed by atoms with Gasteiger partial charge >= 0.3 is 5.69 Å². The van der Waals surface area contributed by atoms with E-state index >= 15 is 0 Å². The molecule has 3 aromatic rings. The summed E-state index contributed by atoms with van der Waals surface area (Å²) < 4.78 is 0. The van der Waals surface area contributed by atoms with Gasteiger partial charge in [-0.25, -0.2) is 0 Å². The van der Waals surface area contributed by atoms with Crippen molar-refractivity contribution in [3.63, 3.8) is 0 Å². The summed E-state index contributed by atoms with van der Waals surface area (Å²) in [6.45, 7) is 1.89. The molecule has 1 amide bonds. The molecule has 0 spiro atoms. The number of para-hydroxylation sites is 1. The average Bonchev–Trinajstić information content (AvgIpc) is 3.14. The first-order chi connectivity index (χ1) is 11.1. The van der Waals surface area contributed by atoms with Crippen molar-refractivity contribution in [3.8, 4) is 0 Å². The maximum absolute atomic E-state index is 12.4. The van der Waals surface area contributed by atoms with Crippen LogP contribution < -0.4 is 5.32 Å².